The van der Waals surface area contributed by atoms with E-state index in [1.54, 1.807) is 6.07 Å². The Morgan fingerprint density at radius 3 is 2.65 bits per heavy atom. The number of halogens is 2. The normalized spacial score (nSPS) is 15.0. The van der Waals surface area contributed by atoms with Gasteiger partial charge in [0.1, 0.15) is 5.82 Å². The van der Waals surface area contributed by atoms with Gasteiger partial charge in [0.05, 0.1) is 16.9 Å². The van der Waals surface area contributed by atoms with Crippen LogP contribution in [0.4, 0.5) is 5.82 Å². The van der Waals surface area contributed by atoms with Crippen LogP contribution in [0.25, 0.3) is 17.0 Å². The first kappa shape index (κ1) is 17.9. The van der Waals surface area contributed by atoms with Crippen molar-refractivity contribution in [1.29, 1.82) is 0 Å². The zero-order chi connectivity index (χ0) is 18.3. The number of benzene rings is 1. The third-order valence-corrected chi connectivity index (χ3v) is 6.12. The Labute approximate surface area is 166 Å². The molecular weight excluding hydrogens is 389 g/mol. The number of fused-ring (bicyclic) bond motifs is 1. The highest BCUT2D eigenvalue weighted by Crippen LogP contribution is 2.34. The molecule has 1 saturated heterocycles. The van der Waals surface area contributed by atoms with Crippen LogP contribution in [0.2, 0.25) is 10.0 Å². The van der Waals surface area contributed by atoms with Crippen LogP contribution in [0.1, 0.15) is 11.3 Å². The Bertz CT molecular complexity index is 966. The number of aryl methyl sites for hydroxylation is 1. The van der Waals surface area contributed by atoms with Gasteiger partial charge in [0.2, 0.25) is 5.78 Å². The lowest BCUT2D eigenvalue weighted by atomic mass is 10.0. The number of aromatic nitrogens is 3. The van der Waals surface area contributed by atoms with Crippen molar-refractivity contribution in [2.45, 2.75) is 13.5 Å². The van der Waals surface area contributed by atoms with Gasteiger partial charge in [-0.1, -0.05) is 23.2 Å². The average molecular weight is 408 g/mol. The summed E-state index contributed by atoms with van der Waals surface area (Å²) in [6.45, 7) is 4.32. The first-order chi connectivity index (χ1) is 12.6. The molecule has 0 saturated carbocycles. The molecule has 0 unspecified atom stereocenters. The fourth-order valence-corrected chi connectivity index (χ4v) is 4.70. The summed E-state index contributed by atoms with van der Waals surface area (Å²) in [5, 5.41) is 1.19. The number of nitrogens with two attached hydrogens (primary N) is 1. The lowest BCUT2D eigenvalue weighted by Crippen LogP contribution is -2.32. The van der Waals surface area contributed by atoms with E-state index in [-0.39, 0.29) is 0 Å². The second-order valence-electron chi connectivity index (χ2n) is 6.22. The van der Waals surface area contributed by atoms with Crippen LogP contribution in [0.3, 0.4) is 0 Å². The Kier molecular flexibility index (Phi) is 5.01. The molecule has 136 valence electrons. The molecule has 1 fully saturated rings. The van der Waals surface area contributed by atoms with Gasteiger partial charge in [-0.05, 0) is 25.1 Å². The topological polar surface area (TPSA) is 59.5 Å². The van der Waals surface area contributed by atoms with Gasteiger partial charge < -0.3 is 10.6 Å². The van der Waals surface area contributed by atoms with E-state index in [1.807, 2.05) is 41.4 Å². The standard InChI is InChI=1S/C18H19Cl2N5S/c1-11-14(9-21)17(13-3-2-12(19)8-15(13)20)25-10-16(23-18(25)22-11)24-4-6-26-7-5-24/h2-3,8,10H,4-7,9,21H2,1H3. The van der Waals surface area contributed by atoms with Crippen molar-refractivity contribution in [1.82, 2.24) is 14.4 Å². The summed E-state index contributed by atoms with van der Waals surface area (Å²) in [6, 6.07) is 5.51. The molecule has 1 aliphatic heterocycles. The summed E-state index contributed by atoms with van der Waals surface area (Å²) in [6.07, 6.45) is 2.04. The van der Waals surface area contributed by atoms with E-state index in [4.69, 9.17) is 33.9 Å². The zero-order valence-electron chi connectivity index (χ0n) is 14.4. The lowest BCUT2D eigenvalue weighted by molar-refractivity contribution is 0.844. The SMILES string of the molecule is Cc1nc2nc(N3CCSCC3)cn2c(-c2ccc(Cl)cc2Cl)c1CN. The fourth-order valence-electron chi connectivity index (χ4n) is 3.30. The van der Waals surface area contributed by atoms with Crippen LogP contribution in [-0.2, 0) is 6.54 Å². The van der Waals surface area contributed by atoms with Crippen molar-refractivity contribution in [2.75, 3.05) is 29.5 Å². The van der Waals surface area contributed by atoms with Crippen LogP contribution >= 0.6 is 35.0 Å². The summed E-state index contributed by atoms with van der Waals surface area (Å²) in [7, 11) is 0. The molecule has 3 heterocycles. The molecule has 5 nitrogen and oxygen atoms in total. The molecule has 0 aliphatic carbocycles. The molecular formula is C18H19Cl2N5S. The molecule has 4 rings (SSSR count). The monoisotopic (exact) mass is 407 g/mol. The van der Waals surface area contributed by atoms with Crippen molar-refractivity contribution < 1.29 is 0 Å². The molecule has 0 spiro atoms. The average Bonchev–Trinajstić information content (AvgIpc) is 3.05. The van der Waals surface area contributed by atoms with Crippen molar-refractivity contribution in [3.63, 3.8) is 0 Å². The van der Waals surface area contributed by atoms with Crippen LogP contribution < -0.4 is 10.6 Å². The summed E-state index contributed by atoms with van der Waals surface area (Å²) in [5.74, 6) is 3.83. The molecule has 2 aromatic heterocycles. The summed E-state index contributed by atoms with van der Waals surface area (Å²) >= 11 is 14.6. The minimum absolute atomic E-state index is 0.372. The second-order valence-corrected chi connectivity index (χ2v) is 8.29. The third-order valence-electron chi connectivity index (χ3n) is 4.63. The highest BCUT2D eigenvalue weighted by atomic mass is 35.5. The molecule has 0 atom stereocenters. The van der Waals surface area contributed by atoms with Gasteiger partial charge in [-0.3, -0.25) is 4.40 Å². The second kappa shape index (κ2) is 7.27. The van der Waals surface area contributed by atoms with Gasteiger partial charge in [-0.15, -0.1) is 0 Å². The highest BCUT2D eigenvalue weighted by Gasteiger charge is 2.20. The Hall–Kier alpha value is -1.47. The van der Waals surface area contributed by atoms with Crippen LogP contribution in [0.15, 0.2) is 24.4 Å². The molecule has 2 N–H and O–H groups in total. The van der Waals surface area contributed by atoms with E-state index >= 15 is 0 Å². The number of thioether (sulfide) groups is 1. The number of nitrogens with zero attached hydrogens (tertiary/aromatic N) is 4. The molecule has 8 heteroatoms. The van der Waals surface area contributed by atoms with Gasteiger partial charge in [0.15, 0.2) is 0 Å². The molecule has 26 heavy (non-hydrogen) atoms. The van der Waals surface area contributed by atoms with Gasteiger partial charge >= 0.3 is 0 Å². The Morgan fingerprint density at radius 1 is 1.19 bits per heavy atom. The summed E-state index contributed by atoms with van der Waals surface area (Å²) < 4.78 is 2.00. The summed E-state index contributed by atoms with van der Waals surface area (Å²) in [4.78, 5) is 11.7. The maximum Gasteiger partial charge on any atom is 0.236 e. The third kappa shape index (κ3) is 3.16. The fraction of sp³-hybridized carbons (Fsp3) is 0.333. The minimum Gasteiger partial charge on any atom is -0.354 e. The van der Waals surface area contributed by atoms with E-state index in [0.717, 1.165) is 52.9 Å². The Morgan fingerprint density at radius 2 is 1.96 bits per heavy atom. The Balaban J connectivity index is 1.95. The molecule has 3 aromatic rings. The molecule has 1 aromatic carbocycles. The van der Waals surface area contributed by atoms with Crippen LogP contribution in [0.5, 0.6) is 0 Å². The van der Waals surface area contributed by atoms with E-state index in [1.165, 1.54) is 0 Å². The first-order valence-corrected chi connectivity index (χ1v) is 10.4. The molecule has 0 amide bonds. The van der Waals surface area contributed by atoms with E-state index < -0.39 is 0 Å². The number of imidazole rings is 1. The smallest absolute Gasteiger partial charge is 0.236 e. The van der Waals surface area contributed by atoms with Crippen molar-refractivity contribution >= 4 is 46.6 Å². The molecule has 0 bridgehead atoms. The van der Waals surface area contributed by atoms with E-state index in [9.17, 15) is 0 Å². The van der Waals surface area contributed by atoms with E-state index in [0.29, 0.717) is 22.4 Å². The quantitative estimate of drug-likeness (QED) is 0.709. The van der Waals surface area contributed by atoms with Crippen molar-refractivity contribution in [3.05, 3.63) is 45.7 Å². The van der Waals surface area contributed by atoms with Gasteiger partial charge in [-0.25, -0.2) is 4.98 Å². The highest BCUT2D eigenvalue weighted by molar-refractivity contribution is 7.99. The number of hydrogen-bond acceptors (Lipinski definition) is 5. The largest absolute Gasteiger partial charge is 0.354 e. The molecule has 0 radical (unpaired) electrons. The summed E-state index contributed by atoms with van der Waals surface area (Å²) in [5.41, 5.74) is 9.69. The van der Waals surface area contributed by atoms with Crippen molar-refractivity contribution in [3.8, 4) is 11.3 Å². The van der Waals surface area contributed by atoms with E-state index in [2.05, 4.69) is 9.88 Å². The predicted molar refractivity (Wildman–Crippen MR) is 111 cm³/mol. The van der Waals surface area contributed by atoms with Crippen LogP contribution in [-0.4, -0.2) is 39.0 Å². The van der Waals surface area contributed by atoms with Crippen molar-refractivity contribution in [2.24, 2.45) is 5.73 Å². The molecule has 1 aliphatic rings. The van der Waals surface area contributed by atoms with Crippen LogP contribution in [0, 0.1) is 6.92 Å². The number of hydrogen-bond donors (Lipinski definition) is 1. The first-order valence-electron chi connectivity index (χ1n) is 8.45. The minimum atomic E-state index is 0.372. The van der Waals surface area contributed by atoms with Gasteiger partial charge in [0.25, 0.3) is 0 Å². The zero-order valence-corrected chi connectivity index (χ0v) is 16.7. The lowest BCUT2D eigenvalue weighted by Gasteiger charge is -2.25. The number of anilines is 1. The van der Waals surface area contributed by atoms with Gasteiger partial charge in [-0.2, -0.15) is 16.7 Å². The maximum atomic E-state index is 6.51. The number of rotatable bonds is 3. The van der Waals surface area contributed by atoms with Gasteiger partial charge in [0, 0.05) is 53.0 Å². The predicted octanol–water partition coefficient (Wildman–Crippen LogP) is 4.02. The maximum absolute atomic E-state index is 6.51.